The van der Waals surface area contributed by atoms with Crippen molar-refractivity contribution in [3.05, 3.63) is 112 Å². The molecule has 1 atom stereocenters. The number of allylic oxidation sites excluding steroid dienone is 1. The van der Waals surface area contributed by atoms with Gasteiger partial charge in [-0.2, -0.15) is 0 Å². The molecule has 0 fully saturated rings. The van der Waals surface area contributed by atoms with Crippen LogP contribution in [0.3, 0.4) is 0 Å². The van der Waals surface area contributed by atoms with Crippen LogP contribution in [0.5, 0.6) is 0 Å². The number of esters is 1. The Labute approximate surface area is 237 Å². The van der Waals surface area contributed by atoms with Crippen molar-refractivity contribution in [2.24, 2.45) is 4.99 Å². The second-order valence-corrected chi connectivity index (χ2v) is 11.2. The van der Waals surface area contributed by atoms with Gasteiger partial charge in [0.05, 0.1) is 33.0 Å². The molecule has 3 heterocycles. The van der Waals surface area contributed by atoms with E-state index in [1.165, 1.54) is 15.9 Å². The maximum absolute atomic E-state index is 13.7. The molecule has 0 saturated carbocycles. The maximum Gasteiger partial charge on any atom is 0.338 e. The van der Waals surface area contributed by atoms with Gasteiger partial charge in [-0.15, -0.1) is 0 Å². The number of carbonyl (C=O) groups is 1. The van der Waals surface area contributed by atoms with Crippen molar-refractivity contribution in [1.29, 1.82) is 0 Å². The number of rotatable bonds is 5. The summed E-state index contributed by atoms with van der Waals surface area (Å²) in [6.45, 7) is 5.29. The van der Waals surface area contributed by atoms with E-state index in [9.17, 15) is 9.59 Å². The fourth-order valence-electron chi connectivity index (χ4n) is 4.21. The minimum absolute atomic E-state index is 0.302. The fourth-order valence-corrected chi connectivity index (χ4v) is 5.75. The number of thiazole rings is 1. The van der Waals surface area contributed by atoms with E-state index in [1.54, 1.807) is 81.4 Å². The van der Waals surface area contributed by atoms with Crippen molar-refractivity contribution in [1.82, 2.24) is 4.57 Å². The molecule has 1 aliphatic rings. The van der Waals surface area contributed by atoms with Crippen LogP contribution in [0.2, 0.25) is 15.1 Å². The minimum Gasteiger partial charge on any atom is -0.459 e. The topological polar surface area (TPSA) is 73.8 Å². The van der Waals surface area contributed by atoms with Gasteiger partial charge in [-0.1, -0.05) is 58.3 Å². The predicted octanol–water partition coefficient (Wildman–Crippen LogP) is 6.41. The van der Waals surface area contributed by atoms with Gasteiger partial charge in [0.25, 0.3) is 5.56 Å². The highest BCUT2D eigenvalue weighted by atomic mass is 35.5. The summed E-state index contributed by atoms with van der Waals surface area (Å²) >= 11 is 19.8. The van der Waals surface area contributed by atoms with Gasteiger partial charge in [0.15, 0.2) is 4.80 Å². The zero-order valence-electron chi connectivity index (χ0n) is 20.5. The normalized spacial score (nSPS) is 15.6. The number of hydrogen-bond acceptors (Lipinski definition) is 6. The summed E-state index contributed by atoms with van der Waals surface area (Å²) in [5.41, 5.74) is 1.83. The molecule has 1 aliphatic heterocycles. The molecule has 0 aliphatic carbocycles. The lowest BCUT2D eigenvalue weighted by atomic mass is 9.96. The van der Waals surface area contributed by atoms with Crippen LogP contribution in [0, 0.1) is 0 Å². The maximum atomic E-state index is 13.7. The Hall–Kier alpha value is -3.10. The first-order valence-electron chi connectivity index (χ1n) is 11.7. The van der Waals surface area contributed by atoms with Crippen LogP contribution in [0.15, 0.2) is 80.1 Å². The number of aromatic nitrogens is 1. The molecule has 1 unspecified atom stereocenters. The number of hydrogen-bond donors (Lipinski definition) is 0. The van der Waals surface area contributed by atoms with E-state index < -0.39 is 12.0 Å². The highest BCUT2D eigenvalue weighted by Gasteiger charge is 2.33. The van der Waals surface area contributed by atoms with Crippen LogP contribution in [-0.2, 0) is 9.53 Å². The second-order valence-electron chi connectivity index (χ2n) is 8.91. The molecule has 2 aromatic heterocycles. The third-order valence-corrected chi connectivity index (χ3v) is 7.66. The molecule has 0 amide bonds. The summed E-state index contributed by atoms with van der Waals surface area (Å²) in [5.74, 6) is 0.453. The molecule has 6 nitrogen and oxygen atoms in total. The molecular weight excluding hydrogens is 567 g/mol. The Morgan fingerprint density at radius 2 is 1.79 bits per heavy atom. The number of nitrogens with zero attached hydrogens (tertiary/aromatic N) is 2. The van der Waals surface area contributed by atoms with E-state index in [4.69, 9.17) is 44.0 Å². The molecule has 5 rings (SSSR count). The van der Waals surface area contributed by atoms with Crippen LogP contribution >= 0.6 is 46.1 Å². The summed E-state index contributed by atoms with van der Waals surface area (Å²) in [4.78, 5) is 32.0. The number of furan rings is 1. The smallest absolute Gasteiger partial charge is 0.338 e. The molecule has 0 saturated heterocycles. The third kappa shape index (κ3) is 5.12. The fraction of sp³-hybridized carbons (Fsp3) is 0.179. The number of fused-ring (bicyclic) bond motifs is 1. The van der Waals surface area contributed by atoms with Crippen LogP contribution in [0.25, 0.3) is 17.4 Å². The van der Waals surface area contributed by atoms with Gasteiger partial charge in [0.1, 0.15) is 11.5 Å². The average Bonchev–Trinajstić information content (AvgIpc) is 3.44. The lowest BCUT2D eigenvalue weighted by Gasteiger charge is -2.25. The first-order chi connectivity index (χ1) is 18.1. The first-order valence-corrected chi connectivity index (χ1v) is 13.6. The van der Waals surface area contributed by atoms with Crippen LogP contribution in [0.4, 0.5) is 0 Å². The minimum atomic E-state index is -0.727. The van der Waals surface area contributed by atoms with E-state index in [0.717, 1.165) is 0 Å². The lowest BCUT2D eigenvalue weighted by Crippen LogP contribution is -2.40. The van der Waals surface area contributed by atoms with Crippen LogP contribution in [0.1, 0.15) is 38.1 Å². The highest BCUT2D eigenvalue weighted by molar-refractivity contribution is 7.07. The lowest BCUT2D eigenvalue weighted by molar-refractivity contribution is -0.143. The molecule has 0 spiro atoms. The summed E-state index contributed by atoms with van der Waals surface area (Å²) in [5, 5.41) is 1.57. The van der Waals surface area contributed by atoms with Crippen molar-refractivity contribution in [2.75, 3.05) is 0 Å². The Morgan fingerprint density at radius 3 is 2.50 bits per heavy atom. The van der Waals surface area contributed by atoms with Gasteiger partial charge in [0.2, 0.25) is 0 Å². The Morgan fingerprint density at radius 1 is 1.08 bits per heavy atom. The molecular formula is C28H21Cl3N2O4S. The van der Waals surface area contributed by atoms with Crippen LogP contribution in [-0.4, -0.2) is 16.6 Å². The predicted molar refractivity (Wildman–Crippen MR) is 151 cm³/mol. The van der Waals surface area contributed by atoms with Gasteiger partial charge < -0.3 is 9.15 Å². The van der Waals surface area contributed by atoms with Gasteiger partial charge in [-0.05, 0) is 68.8 Å². The zero-order chi connectivity index (χ0) is 27.1. The van der Waals surface area contributed by atoms with Crippen molar-refractivity contribution in [3.8, 4) is 11.3 Å². The SMILES string of the molecule is CC1=C(C(=O)OC(C)C)C(c2ccc(Cl)cc2)n2c(sc(=Cc3ccc(-c4cc(Cl)ccc4Cl)o3)c2=O)=N1. The molecule has 10 heteroatoms. The van der Waals surface area contributed by atoms with E-state index in [2.05, 4.69) is 4.99 Å². The van der Waals surface area contributed by atoms with E-state index >= 15 is 0 Å². The van der Waals surface area contributed by atoms with Gasteiger partial charge >= 0.3 is 5.97 Å². The largest absolute Gasteiger partial charge is 0.459 e. The third-order valence-electron chi connectivity index (χ3n) is 5.86. The standard InChI is InChI=1S/C28H21Cl3N2O4S/c1-14(2)36-27(35)24-15(3)32-28-33(25(24)16-4-6-17(29)7-5-16)26(34)23(38-28)13-19-9-11-22(37-19)20-12-18(30)8-10-21(20)31/h4-14,25H,1-3H3. The van der Waals surface area contributed by atoms with E-state index in [-0.39, 0.29) is 11.7 Å². The average molecular weight is 588 g/mol. The summed E-state index contributed by atoms with van der Waals surface area (Å²) < 4.78 is 13.4. The van der Waals surface area contributed by atoms with Crippen molar-refractivity contribution in [2.45, 2.75) is 32.9 Å². The summed E-state index contributed by atoms with van der Waals surface area (Å²) in [6.07, 6.45) is 1.31. The Bertz CT molecular complexity index is 1760. The van der Waals surface area contributed by atoms with Gasteiger partial charge in [-0.25, -0.2) is 9.79 Å². The molecule has 38 heavy (non-hydrogen) atoms. The Balaban J connectivity index is 1.64. The first kappa shape index (κ1) is 26.5. The molecule has 0 bridgehead atoms. The second kappa shape index (κ2) is 10.6. The molecule has 194 valence electrons. The molecule has 0 N–H and O–H groups in total. The Kier molecular flexibility index (Phi) is 7.38. The molecule has 0 radical (unpaired) electrons. The monoisotopic (exact) mass is 586 g/mol. The number of halogens is 3. The van der Waals surface area contributed by atoms with Gasteiger partial charge in [-0.3, -0.25) is 9.36 Å². The number of benzene rings is 2. The van der Waals surface area contributed by atoms with Crippen molar-refractivity contribution >= 4 is 58.2 Å². The van der Waals surface area contributed by atoms with E-state index in [1.807, 2.05) is 0 Å². The summed E-state index contributed by atoms with van der Waals surface area (Å²) in [7, 11) is 0. The van der Waals surface area contributed by atoms with E-state index in [0.29, 0.717) is 58.3 Å². The molecule has 2 aromatic carbocycles. The highest BCUT2D eigenvalue weighted by Crippen LogP contribution is 2.33. The number of carbonyl (C=O) groups excluding carboxylic acids is 1. The molecule has 4 aromatic rings. The number of ether oxygens (including phenoxy) is 1. The van der Waals surface area contributed by atoms with Crippen LogP contribution < -0.4 is 14.9 Å². The van der Waals surface area contributed by atoms with Gasteiger partial charge in [0, 0.05) is 21.7 Å². The van der Waals surface area contributed by atoms with Crippen molar-refractivity contribution in [3.63, 3.8) is 0 Å². The zero-order valence-corrected chi connectivity index (χ0v) is 23.6. The quantitative estimate of drug-likeness (QED) is 0.253. The summed E-state index contributed by atoms with van der Waals surface area (Å²) in [6, 6.07) is 14.9. The van der Waals surface area contributed by atoms with Crippen molar-refractivity contribution < 1.29 is 13.9 Å².